The molecule has 2 N–H and O–H groups in total. The molecule has 1 atom stereocenters. The van der Waals surface area contributed by atoms with E-state index in [0.717, 1.165) is 32.5 Å². The quantitative estimate of drug-likeness (QED) is 0.311. The zero-order chi connectivity index (χ0) is 24.8. The number of alkyl carbamates (subject to hydrolysis) is 1. The summed E-state index contributed by atoms with van der Waals surface area (Å²) in [7, 11) is 0. The molecule has 1 aromatic carbocycles. The van der Waals surface area contributed by atoms with Crippen LogP contribution in [0.15, 0.2) is 73.1 Å². The van der Waals surface area contributed by atoms with Crippen molar-refractivity contribution in [1.82, 2.24) is 20.3 Å². The van der Waals surface area contributed by atoms with Gasteiger partial charge in [0.2, 0.25) is 0 Å². The van der Waals surface area contributed by atoms with E-state index in [2.05, 4.69) is 20.6 Å². The van der Waals surface area contributed by atoms with Crippen LogP contribution in [0.25, 0.3) is 10.6 Å². The molecule has 0 spiro atoms. The van der Waals surface area contributed by atoms with Gasteiger partial charge in [-0.2, -0.15) is 0 Å². The number of amides is 1. The minimum Gasteiger partial charge on any atom is -0.444 e. The Balaban J connectivity index is 1.56. The first-order valence-corrected chi connectivity index (χ1v) is 12.2. The molecule has 180 valence electrons. The largest absolute Gasteiger partial charge is 0.444 e. The molecule has 4 aromatic rings. The Morgan fingerprint density at radius 2 is 1.83 bits per heavy atom. The van der Waals surface area contributed by atoms with Gasteiger partial charge in [-0.1, -0.05) is 36.4 Å². The van der Waals surface area contributed by atoms with Crippen molar-refractivity contribution in [1.29, 1.82) is 0 Å². The van der Waals surface area contributed by atoms with E-state index in [1.807, 2.05) is 88.4 Å². The van der Waals surface area contributed by atoms with Gasteiger partial charge in [0.1, 0.15) is 22.2 Å². The number of benzene rings is 1. The smallest absolute Gasteiger partial charge is 0.408 e. The van der Waals surface area contributed by atoms with Crippen LogP contribution in [-0.4, -0.2) is 26.6 Å². The number of aromatic nitrogens is 3. The first kappa shape index (κ1) is 24.3. The lowest BCUT2D eigenvalue weighted by atomic mass is 10.1. The number of carbonyl (C=O) groups is 1. The molecule has 0 saturated heterocycles. The first-order valence-electron chi connectivity index (χ1n) is 11.4. The maximum Gasteiger partial charge on any atom is 0.408 e. The van der Waals surface area contributed by atoms with Crippen molar-refractivity contribution >= 4 is 29.1 Å². The highest BCUT2D eigenvalue weighted by molar-refractivity contribution is 7.15. The van der Waals surface area contributed by atoms with Gasteiger partial charge in [-0.3, -0.25) is 0 Å². The standard InChI is InChI=1S/C27H29N5O2S/c1-18-13-14-28-24(15-18)32-23-12-8-11-20(30-23)22-17-29-25(35-22)21(16-19-9-6-5-7-10-19)31-26(33)34-27(2,3)4/h5-15,17,21H,16H2,1-4H3,(H,31,33)(H,28,30,32)/t21-/m0/s1. The van der Waals surface area contributed by atoms with E-state index >= 15 is 0 Å². The molecule has 0 aliphatic carbocycles. The number of hydrogen-bond acceptors (Lipinski definition) is 7. The van der Waals surface area contributed by atoms with Crippen molar-refractivity contribution in [2.24, 2.45) is 0 Å². The minimum absolute atomic E-state index is 0.330. The number of thiazole rings is 1. The maximum absolute atomic E-state index is 12.6. The molecular formula is C27H29N5O2S. The van der Waals surface area contributed by atoms with Crippen LogP contribution in [0.4, 0.5) is 16.4 Å². The second-order valence-corrected chi connectivity index (χ2v) is 10.3. The second kappa shape index (κ2) is 10.7. The number of pyridine rings is 2. The van der Waals surface area contributed by atoms with E-state index in [4.69, 9.17) is 9.72 Å². The lowest BCUT2D eigenvalue weighted by molar-refractivity contribution is 0.0503. The Hall–Kier alpha value is -3.78. The summed E-state index contributed by atoms with van der Waals surface area (Å²) in [6, 6.07) is 19.4. The zero-order valence-corrected chi connectivity index (χ0v) is 21.1. The summed E-state index contributed by atoms with van der Waals surface area (Å²) in [5, 5.41) is 7.04. The number of nitrogens with one attached hydrogen (secondary N) is 2. The molecule has 0 aliphatic heterocycles. The average molecular weight is 488 g/mol. The molecule has 1 amide bonds. The molecule has 8 heteroatoms. The van der Waals surface area contributed by atoms with Gasteiger partial charge in [0.05, 0.1) is 16.6 Å². The summed E-state index contributed by atoms with van der Waals surface area (Å²) in [5.41, 5.74) is 2.42. The Bertz CT molecular complexity index is 1280. The van der Waals surface area contributed by atoms with Gasteiger partial charge in [0.15, 0.2) is 0 Å². The molecule has 0 saturated carbocycles. The topological polar surface area (TPSA) is 89.0 Å². The SMILES string of the molecule is Cc1ccnc(Nc2cccc(-c3cnc([C@H](Cc4ccccc4)NC(=O)OC(C)(C)C)s3)n2)c1. The van der Waals surface area contributed by atoms with Crippen LogP contribution in [0.1, 0.15) is 42.9 Å². The van der Waals surface area contributed by atoms with E-state index in [0.29, 0.717) is 12.2 Å². The summed E-state index contributed by atoms with van der Waals surface area (Å²) in [6.07, 6.45) is 3.69. The molecule has 35 heavy (non-hydrogen) atoms. The summed E-state index contributed by atoms with van der Waals surface area (Å²) in [6.45, 7) is 7.56. The van der Waals surface area contributed by atoms with E-state index in [9.17, 15) is 4.79 Å². The fourth-order valence-electron chi connectivity index (χ4n) is 3.44. The fourth-order valence-corrected chi connectivity index (χ4v) is 4.38. The highest BCUT2D eigenvalue weighted by atomic mass is 32.1. The van der Waals surface area contributed by atoms with Crippen LogP contribution in [0.3, 0.4) is 0 Å². The molecule has 3 aromatic heterocycles. The van der Waals surface area contributed by atoms with Crippen LogP contribution in [0.5, 0.6) is 0 Å². The first-order chi connectivity index (χ1) is 16.7. The molecule has 7 nitrogen and oxygen atoms in total. The summed E-state index contributed by atoms with van der Waals surface area (Å²) < 4.78 is 5.50. The van der Waals surface area contributed by atoms with Crippen LogP contribution in [-0.2, 0) is 11.2 Å². The molecule has 0 aliphatic rings. The molecule has 0 unspecified atom stereocenters. The Labute approximate surface area is 209 Å². The van der Waals surface area contributed by atoms with E-state index in [-0.39, 0.29) is 6.04 Å². The highest BCUT2D eigenvalue weighted by Gasteiger charge is 2.23. The van der Waals surface area contributed by atoms with Gasteiger partial charge in [-0.25, -0.2) is 19.7 Å². The lowest BCUT2D eigenvalue weighted by Gasteiger charge is -2.23. The zero-order valence-electron chi connectivity index (χ0n) is 20.3. The van der Waals surface area contributed by atoms with Crippen molar-refractivity contribution < 1.29 is 9.53 Å². The predicted octanol–water partition coefficient (Wildman–Crippen LogP) is 6.46. The Kier molecular flexibility index (Phi) is 7.41. The van der Waals surface area contributed by atoms with E-state index in [1.54, 1.807) is 12.4 Å². The summed E-state index contributed by atoms with van der Waals surface area (Å²) in [4.78, 5) is 27.2. The number of ether oxygens (including phenoxy) is 1. The fraction of sp³-hybridized carbons (Fsp3) is 0.259. The molecule has 4 rings (SSSR count). The predicted molar refractivity (Wildman–Crippen MR) is 140 cm³/mol. The van der Waals surface area contributed by atoms with Gasteiger partial charge >= 0.3 is 6.09 Å². The third-order valence-electron chi connectivity index (χ3n) is 4.97. The van der Waals surface area contributed by atoms with E-state index < -0.39 is 11.7 Å². The number of rotatable bonds is 7. The number of aryl methyl sites for hydroxylation is 1. The Morgan fingerprint density at radius 1 is 1.03 bits per heavy atom. The third kappa shape index (κ3) is 7.10. The summed E-state index contributed by atoms with van der Waals surface area (Å²) in [5.74, 6) is 1.44. The van der Waals surface area contributed by atoms with Crippen LogP contribution in [0, 0.1) is 6.92 Å². The molecule has 0 fully saturated rings. The van der Waals surface area contributed by atoms with Gasteiger partial charge in [-0.05, 0) is 69.5 Å². The van der Waals surface area contributed by atoms with Gasteiger partial charge in [0.25, 0.3) is 0 Å². The molecule has 0 radical (unpaired) electrons. The Morgan fingerprint density at radius 3 is 2.57 bits per heavy atom. The van der Waals surface area contributed by atoms with Crippen molar-refractivity contribution in [2.75, 3.05) is 5.32 Å². The number of anilines is 2. The van der Waals surface area contributed by atoms with Crippen molar-refractivity contribution in [3.8, 4) is 10.6 Å². The van der Waals surface area contributed by atoms with Gasteiger partial charge in [-0.15, -0.1) is 11.3 Å². The third-order valence-corrected chi connectivity index (χ3v) is 6.10. The molecular weight excluding hydrogens is 458 g/mol. The van der Waals surface area contributed by atoms with Crippen molar-refractivity contribution in [2.45, 2.75) is 45.8 Å². The number of carbonyl (C=O) groups excluding carboxylic acids is 1. The monoisotopic (exact) mass is 487 g/mol. The van der Waals surface area contributed by atoms with Crippen molar-refractivity contribution in [3.63, 3.8) is 0 Å². The lowest BCUT2D eigenvalue weighted by Crippen LogP contribution is -2.35. The van der Waals surface area contributed by atoms with Crippen LogP contribution < -0.4 is 10.6 Å². The number of hydrogen-bond donors (Lipinski definition) is 2. The minimum atomic E-state index is -0.584. The second-order valence-electron chi connectivity index (χ2n) is 9.20. The average Bonchev–Trinajstić information content (AvgIpc) is 3.29. The van der Waals surface area contributed by atoms with Crippen LogP contribution >= 0.6 is 11.3 Å². The number of nitrogens with zero attached hydrogens (tertiary/aromatic N) is 3. The van der Waals surface area contributed by atoms with Crippen molar-refractivity contribution in [3.05, 3.63) is 89.2 Å². The van der Waals surface area contributed by atoms with Gasteiger partial charge < -0.3 is 15.4 Å². The van der Waals surface area contributed by atoms with Crippen LogP contribution in [0.2, 0.25) is 0 Å². The normalized spacial score (nSPS) is 12.1. The highest BCUT2D eigenvalue weighted by Crippen LogP contribution is 2.31. The van der Waals surface area contributed by atoms with E-state index in [1.165, 1.54) is 11.3 Å². The molecule has 0 bridgehead atoms. The summed E-state index contributed by atoms with van der Waals surface area (Å²) >= 11 is 1.50. The maximum atomic E-state index is 12.6. The molecule has 3 heterocycles. The van der Waals surface area contributed by atoms with Gasteiger partial charge in [0, 0.05) is 12.4 Å².